The van der Waals surface area contributed by atoms with Gasteiger partial charge in [-0.1, -0.05) is 48.2 Å². The number of benzene rings is 4. The predicted molar refractivity (Wildman–Crippen MR) is 190 cm³/mol. The molecule has 1 atom stereocenters. The first-order valence-corrected chi connectivity index (χ1v) is 16.7. The normalized spacial score (nSPS) is 13.8. The van der Waals surface area contributed by atoms with Gasteiger partial charge in [0.2, 0.25) is 0 Å². The van der Waals surface area contributed by atoms with Crippen molar-refractivity contribution in [1.29, 1.82) is 0 Å². The van der Waals surface area contributed by atoms with Crippen LogP contribution in [0.2, 0.25) is 0 Å². The maximum Gasteiger partial charge on any atom is 0.255 e. The number of hydrazone groups is 1. The molecule has 6 rings (SSSR count). The first kappa shape index (κ1) is 34.1. The van der Waals surface area contributed by atoms with Gasteiger partial charge < -0.3 is 24.3 Å². The minimum Gasteiger partial charge on any atom is -0.497 e. The summed E-state index contributed by atoms with van der Waals surface area (Å²) in [5.74, 6) is 2.43. The summed E-state index contributed by atoms with van der Waals surface area (Å²) < 4.78 is 23.5. The Morgan fingerprint density at radius 1 is 0.780 bits per heavy atom. The Bertz CT molecular complexity index is 2000. The third-order valence-corrected chi connectivity index (χ3v) is 9.11. The lowest BCUT2D eigenvalue weighted by molar-refractivity contribution is -0.130. The summed E-state index contributed by atoms with van der Waals surface area (Å²) >= 11 is 1.22. The summed E-state index contributed by atoms with van der Waals surface area (Å²) in [6.07, 6.45) is 0.530. The minimum absolute atomic E-state index is 0.0207. The predicted octanol–water partition coefficient (Wildman–Crippen LogP) is 5.70. The molecule has 1 aliphatic heterocycles. The van der Waals surface area contributed by atoms with E-state index in [1.54, 1.807) is 55.2 Å². The second-order valence-electron chi connectivity index (χ2n) is 11.1. The topological polar surface area (TPSA) is 129 Å². The van der Waals surface area contributed by atoms with Crippen molar-refractivity contribution in [2.45, 2.75) is 24.2 Å². The Morgan fingerprint density at radius 3 is 2.10 bits per heavy atom. The molecular formula is C37H36N6O6S. The van der Waals surface area contributed by atoms with Crippen molar-refractivity contribution in [3.63, 3.8) is 0 Å². The second kappa shape index (κ2) is 15.6. The van der Waals surface area contributed by atoms with E-state index in [1.807, 2.05) is 72.8 Å². The van der Waals surface area contributed by atoms with Crippen LogP contribution in [0.15, 0.2) is 107 Å². The third-order valence-electron chi connectivity index (χ3n) is 8.20. The van der Waals surface area contributed by atoms with Crippen LogP contribution in [0.25, 0.3) is 5.69 Å². The van der Waals surface area contributed by atoms with Crippen LogP contribution in [-0.4, -0.2) is 71.5 Å². The van der Waals surface area contributed by atoms with Gasteiger partial charge >= 0.3 is 0 Å². The van der Waals surface area contributed by atoms with E-state index in [0.29, 0.717) is 40.2 Å². The number of methoxy groups -OCH3 is 4. The smallest absolute Gasteiger partial charge is 0.255 e. The molecule has 0 saturated carbocycles. The standard InChI is InChI=1S/C37H36N6O6S/c1-46-26-17-13-24(14-18-26)29-21-31(25-15-19-27(47-2)20-16-25)43(41-29)35(44)23-50-37-40-39-34(42(37)30-10-6-8-12-33(30)49-4)22-38-36(45)28-9-5-7-11-32(28)48-3/h5-20,31H,21-23H2,1-4H3,(H,38,45)/t31-/m0/s1. The second-order valence-corrected chi connectivity index (χ2v) is 12.0. The molecule has 0 unspecified atom stereocenters. The Kier molecular flexibility index (Phi) is 10.6. The van der Waals surface area contributed by atoms with Crippen molar-refractivity contribution in [3.05, 3.63) is 120 Å². The van der Waals surface area contributed by atoms with E-state index in [0.717, 1.165) is 28.3 Å². The Labute approximate surface area is 294 Å². The van der Waals surface area contributed by atoms with Crippen LogP contribution in [0, 0.1) is 0 Å². The van der Waals surface area contributed by atoms with Gasteiger partial charge in [-0.15, -0.1) is 10.2 Å². The van der Waals surface area contributed by atoms with Crippen LogP contribution in [0.3, 0.4) is 0 Å². The molecule has 5 aromatic rings. The summed E-state index contributed by atoms with van der Waals surface area (Å²) in [6, 6.07) is 29.4. The zero-order valence-corrected chi connectivity index (χ0v) is 28.8. The molecule has 12 nitrogen and oxygen atoms in total. The molecular weight excluding hydrogens is 657 g/mol. The Morgan fingerprint density at radius 2 is 1.42 bits per heavy atom. The summed E-state index contributed by atoms with van der Waals surface area (Å²) in [5, 5.41) is 18.6. The van der Waals surface area contributed by atoms with Crippen molar-refractivity contribution in [1.82, 2.24) is 25.1 Å². The summed E-state index contributed by atoms with van der Waals surface area (Å²) in [6.45, 7) is 0.0532. The maximum atomic E-state index is 14.0. The SMILES string of the molecule is COc1ccc(C2=NN(C(=O)CSc3nnc(CNC(=O)c4ccccc4OC)n3-c3ccccc3OC)[C@H](c3ccc(OC)cc3)C2)cc1. The number of amides is 2. The van der Waals surface area contributed by atoms with Gasteiger partial charge in [-0.3, -0.25) is 14.2 Å². The molecule has 2 heterocycles. The molecule has 0 saturated heterocycles. The van der Waals surface area contributed by atoms with Crippen LogP contribution in [0.4, 0.5) is 0 Å². The molecule has 1 aromatic heterocycles. The zero-order valence-electron chi connectivity index (χ0n) is 28.0. The first-order valence-electron chi connectivity index (χ1n) is 15.7. The summed E-state index contributed by atoms with van der Waals surface area (Å²) in [4.78, 5) is 27.1. The molecule has 256 valence electrons. The van der Waals surface area contributed by atoms with Gasteiger partial charge in [-0.05, 0) is 71.8 Å². The molecule has 0 spiro atoms. The van der Waals surface area contributed by atoms with E-state index < -0.39 is 0 Å². The van der Waals surface area contributed by atoms with Crippen LogP contribution in [-0.2, 0) is 11.3 Å². The van der Waals surface area contributed by atoms with Gasteiger partial charge in [0.15, 0.2) is 11.0 Å². The Hall–Kier alpha value is -5.82. The van der Waals surface area contributed by atoms with Gasteiger partial charge in [0.05, 0.1) is 63.7 Å². The van der Waals surface area contributed by atoms with Gasteiger partial charge in [-0.2, -0.15) is 5.10 Å². The molecule has 0 bridgehead atoms. The largest absolute Gasteiger partial charge is 0.497 e. The number of aromatic nitrogens is 3. The van der Waals surface area contributed by atoms with Crippen LogP contribution < -0.4 is 24.3 Å². The van der Waals surface area contributed by atoms with E-state index in [4.69, 9.17) is 24.0 Å². The number of carbonyl (C=O) groups is 2. The number of ether oxygens (including phenoxy) is 4. The number of para-hydroxylation sites is 3. The fraction of sp³-hybridized carbons (Fsp3) is 0.216. The molecule has 50 heavy (non-hydrogen) atoms. The highest BCUT2D eigenvalue weighted by molar-refractivity contribution is 7.99. The lowest BCUT2D eigenvalue weighted by Gasteiger charge is -2.22. The molecule has 0 aliphatic carbocycles. The average molecular weight is 693 g/mol. The third kappa shape index (κ3) is 7.27. The van der Waals surface area contributed by atoms with Gasteiger partial charge in [0.1, 0.15) is 23.0 Å². The van der Waals surface area contributed by atoms with E-state index in [-0.39, 0.29) is 30.2 Å². The van der Waals surface area contributed by atoms with Crippen molar-refractivity contribution < 1.29 is 28.5 Å². The highest BCUT2D eigenvalue weighted by Gasteiger charge is 2.33. The van der Waals surface area contributed by atoms with Crippen molar-refractivity contribution in [2.75, 3.05) is 34.2 Å². The van der Waals surface area contributed by atoms with E-state index in [1.165, 1.54) is 18.9 Å². The Balaban J connectivity index is 1.27. The zero-order chi connectivity index (χ0) is 35.0. The fourth-order valence-electron chi connectivity index (χ4n) is 5.63. The first-order chi connectivity index (χ1) is 24.4. The molecule has 4 aromatic carbocycles. The van der Waals surface area contributed by atoms with Crippen LogP contribution >= 0.6 is 11.8 Å². The number of nitrogens with zero attached hydrogens (tertiary/aromatic N) is 5. The van der Waals surface area contributed by atoms with Gasteiger partial charge in [0, 0.05) is 6.42 Å². The minimum atomic E-state index is -0.328. The average Bonchev–Trinajstić information content (AvgIpc) is 3.81. The highest BCUT2D eigenvalue weighted by atomic mass is 32.2. The van der Waals surface area contributed by atoms with Crippen LogP contribution in [0.5, 0.6) is 23.0 Å². The van der Waals surface area contributed by atoms with E-state index >= 15 is 0 Å². The number of hydrogen-bond acceptors (Lipinski definition) is 10. The number of thioether (sulfide) groups is 1. The van der Waals surface area contributed by atoms with Gasteiger partial charge in [0.25, 0.3) is 11.8 Å². The molecule has 0 radical (unpaired) electrons. The highest BCUT2D eigenvalue weighted by Crippen LogP contribution is 2.35. The summed E-state index contributed by atoms with van der Waals surface area (Å²) in [7, 11) is 6.33. The number of hydrogen-bond donors (Lipinski definition) is 1. The van der Waals surface area contributed by atoms with E-state index in [2.05, 4.69) is 15.5 Å². The molecule has 0 fully saturated rings. The van der Waals surface area contributed by atoms with Crippen LogP contribution in [0.1, 0.15) is 39.8 Å². The summed E-state index contributed by atoms with van der Waals surface area (Å²) in [5.41, 5.74) is 3.68. The molecule has 1 N–H and O–H groups in total. The van der Waals surface area contributed by atoms with Crippen molar-refractivity contribution in [2.24, 2.45) is 5.10 Å². The van der Waals surface area contributed by atoms with Gasteiger partial charge in [-0.25, -0.2) is 5.01 Å². The molecule has 1 aliphatic rings. The molecule has 13 heteroatoms. The van der Waals surface area contributed by atoms with E-state index in [9.17, 15) is 9.59 Å². The monoisotopic (exact) mass is 692 g/mol. The fourth-order valence-corrected chi connectivity index (χ4v) is 6.44. The molecule has 2 amide bonds. The lowest BCUT2D eigenvalue weighted by atomic mass is 9.98. The van der Waals surface area contributed by atoms with Crippen molar-refractivity contribution in [3.8, 4) is 28.7 Å². The van der Waals surface area contributed by atoms with Crippen molar-refractivity contribution >= 4 is 29.3 Å². The quantitative estimate of drug-likeness (QED) is 0.155. The number of carbonyl (C=O) groups excluding carboxylic acids is 2. The number of rotatable bonds is 13. The lowest BCUT2D eigenvalue weighted by Crippen LogP contribution is -2.28. The number of nitrogens with one attached hydrogen (secondary N) is 1. The maximum absolute atomic E-state index is 14.0.